The number of carbonyl (C=O) groups is 2. The quantitative estimate of drug-likeness (QED) is 0.876. The van der Waals surface area contributed by atoms with Crippen molar-refractivity contribution in [2.75, 3.05) is 11.5 Å². The van der Waals surface area contributed by atoms with Gasteiger partial charge < -0.3 is 15.0 Å². The fourth-order valence-corrected chi connectivity index (χ4v) is 3.86. The molecule has 2 N–H and O–H groups in total. The molecule has 1 aliphatic rings. The third-order valence-electron chi connectivity index (χ3n) is 3.31. The zero-order valence-corrected chi connectivity index (χ0v) is 12.9. The number of halogens is 1. The van der Waals surface area contributed by atoms with Gasteiger partial charge in [0.25, 0.3) is 5.91 Å². The van der Waals surface area contributed by atoms with Gasteiger partial charge in [0.05, 0.1) is 0 Å². The van der Waals surface area contributed by atoms with E-state index in [0.717, 1.165) is 16.0 Å². The monoisotopic (exact) mass is 346 g/mol. The molecule has 7 heteroatoms. The van der Waals surface area contributed by atoms with Crippen molar-refractivity contribution in [1.82, 2.24) is 9.88 Å². The fourth-order valence-electron chi connectivity index (χ4n) is 2.14. The molecule has 19 heavy (non-hydrogen) atoms. The topological polar surface area (TPSA) is 71.3 Å². The van der Waals surface area contributed by atoms with Crippen LogP contribution in [0, 0.1) is 0 Å². The van der Waals surface area contributed by atoms with Crippen LogP contribution in [-0.4, -0.2) is 38.6 Å². The lowest BCUT2D eigenvalue weighted by molar-refractivity contribution is -0.144. The number of carboxylic acid groups (broad SMARTS) is 1. The van der Waals surface area contributed by atoms with Gasteiger partial charge in [0.15, 0.2) is 0 Å². The van der Waals surface area contributed by atoms with Gasteiger partial charge in [-0.2, -0.15) is 11.8 Å². The highest BCUT2D eigenvalue weighted by Gasteiger charge is 2.41. The number of rotatable bonds is 3. The maximum absolute atomic E-state index is 12.2. The summed E-state index contributed by atoms with van der Waals surface area (Å²) in [6.45, 7) is 0. The van der Waals surface area contributed by atoms with E-state index in [-0.39, 0.29) is 5.91 Å². The number of carboxylic acids is 1. The normalized spacial score (nSPS) is 18.0. The molecular weight excluding hydrogens is 332 g/mol. The molecule has 1 aliphatic heterocycles. The van der Waals surface area contributed by atoms with Gasteiger partial charge in [-0.25, -0.2) is 4.79 Å². The van der Waals surface area contributed by atoms with E-state index in [9.17, 15) is 14.7 Å². The SMILES string of the molecule is Cn1cc(Br)cc1C(=O)NC1(C(=O)O)CCSCC1. The van der Waals surface area contributed by atoms with E-state index in [1.807, 2.05) is 0 Å². The highest BCUT2D eigenvalue weighted by molar-refractivity contribution is 9.10. The Hall–Kier alpha value is -0.950. The minimum Gasteiger partial charge on any atom is -0.480 e. The Morgan fingerprint density at radius 3 is 2.58 bits per heavy atom. The molecule has 0 spiro atoms. The average molecular weight is 347 g/mol. The van der Waals surface area contributed by atoms with Gasteiger partial charge in [0.1, 0.15) is 11.2 Å². The zero-order valence-electron chi connectivity index (χ0n) is 10.5. The minimum atomic E-state index is -1.13. The van der Waals surface area contributed by atoms with E-state index < -0.39 is 11.5 Å². The maximum atomic E-state index is 12.2. The highest BCUT2D eigenvalue weighted by Crippen LogP contribution is 2.28. The van der Waals surface area contributed by atoms with Crippen molar-refractivity contribution in [1.29, 1.82) is 0 Å². The summed E-state index contributed by atoms with van der Waals surface area (Å²) in [6.07, 6.45) is 2.69. The summed E-state index contributed by atoms with van der Waals surface area (Å²) < 4.78 is 2.47. The second-order valence-corrected chi connectivity index (χ2v) is 6.75. The van der Waals surface area contributed by atoms with Crippen molar-refractivity contribution in [3.63, 3.8) is 0 Å². The molecule has 0 saturated carbocycles. The summed E-state index contributed by atoms with van der Waals surface area (Å²) in [5, 5.41) is 12.1. The number of aryl methyl sites for hydroxylation is 1. The minimum absolute atomic E-state index is 0.345. The molecule has 1 saturated heterocycles. The summed E-state index contributed by atoms with van der Waals surface area (Å²) in [5.41, 5.74) is -0.676. The molecule has 1 aromatic rings. The highest BCUT2D eigenvalue weighted by atomic mass is 79.9. The number of amides is 1. The molecule has 104 valence electrons. The van der Waals surface area contributed by atoms with E-state index in [1.165, 1.54) is 0 Å². The van der Waals surface area contributed by atoms with E-state index >= 15 is 0 Å². The predicted octanol–water partition coefficient (Wildman–Crippen LogP) is 1.87. The average Bonchev–Trinajstić information content (AvgIpc) is 2.69. The lowest BCUT2D eigenvalue weighted by Crippen LogP contribution is -2.56. The maximum Gasteiger partial charge on any atom is 0.329 e. The summed E-state index contributed by atoms with van der Waals surface area (Å²) in [4.78, 5) is 23.7. The van der Waals surface area contributed by atoms with Gasteiger partial charge in [0, 0.05) is 17.7 Å². The van der Waals surface area contributed by atoms with Crippen LogP contribution in [0.1, 0.15) is 23.3 Å². The third-order valence-corrected chi connectivity index (χ3v) is 4.73. The Kier molecular flexibility index (Phi) is 4.25. The first kappa shape index (κ1) is 14.5. The standard InChI is InChI=1S/C12H15BrN2O3S/c1-15-7-8(13)6-9(15)10(16)14-12(11(17)18)2-4-19-5-3-12/h6-7H,2-5H2,1H3,(H,14,16)(H,17,18). The molecule has 1 fully saturated rings. The Morgan fingerprint density at radius 2 is 2.11 bits per heavy atom. The summed E-state index contributed by atoms with van der Waals surface area (Å²) in [6, 6.07) is 1.68. The van der Waals surface area contributed by atoms with E-state index in [0.29, 0.717) is 18.5 Å². The Bertz CT molecular complexity index is 509. The molecule has 0 radical (unpaired) electrons. The Labute approximate surface area is 123 Å². The van der Waals surface area contributed by atoms with Crippen molar-refractivity contribution in [3.05, 3.63) is 22.4 Å². The second-order valence-electron chi connectivity index (χ2n) is 4.61. The summed E-state index contributed by atoms with van der Waals surface area (Å²) in [5.74, 6) is 0.212. The number of aliphatic carboxylic acids is 1. The van der Waals surface area contributed by atoms with Crippen molar-refractivity contribution in [2.45, 2.75) is 18.4 Å². The molecule has 0 atom stereocenters. The van der Waals surface area contributed by atoms with E-state index in [1.54, 1.807) is 35.6 Å². The zero-order chi connectivity index (χ0) is 14.0. The summed E-state index contributed by atoms with van der Waals surface area (Å²) >= 11 is 5.02. The van der Waals surface area contributed by atoms with Crippen LogP contribution in [-0.2, 0) is 11.8 Å². The van der Waals surface area contributed by atoms with Crippen molar-refractivity contribution < 1.29 is 14.7 Å². The van der Waals surface area contributed by atoms with Crippen molar-refractivity contribution >= 4 is 39.6 Å². The number of hydrogen-bond acceptors (Lipinski definition) is 3. The predicted molar refractivity (Wildman–Crippen MR) is 77.5 cm³/mol. The van der Waals surface area contributed by atoms with Gasteiger partial charge in [-0.15, -0.1) is 0 Å². The largest absolute Gasteiger partial charge is 0.480 e. The first-order valence-corrected chi connectivity index (χ1v) is 7.85. The van der Waals surface area contributed by atoms with Gasteiger partial charge in [-0.05, 0) is 46.3 Å². The number of aromatic nitrogens is 1. The number of nitrogens with one attached hydrogen (secondary N) is 1. The molecule has 1 amide bonds. The fraction of sp³-hybridized carbons (Fsp3) is 0.500. The third kappa shape index (κ3) is 2.97. The van der Waals surface area contributed by atoms with Gasteiger partial charge in [-0.1, -0.05) is 0 Å². The second kappa shape index (κ2) is 5.58. The lowest BCUT2D eigenvalue weighted by atomic mass is 9.92. The van der Waals surface area contributed by atoms with Crippen LogP contribution in [0.5, 0.6) is 0 Å². The first-order valence-electron chi connectivity index (χ1n) is 5.90. The molecule has 5 nitrogen and oxygen atoms in total. The van der Waals surface area contributed by atoms with Gasteiger partial charge in [0.2, 0.25) is 0 Å². The van der Waals surface area contributed by atoms with E-state index in [4.69, 9.17) is 0 Å². The smallest absolute Gasteiger partial charge is 0.329 e. The molecule has 0 bridgehead atoms. The lowest BCUT2D eigenvalue weighted by Gasteiger charge is -2.33. The van der Waals surface area contributed by atoms with Crippen LogP contribution in [0.25, 0.3) is 0 Å². The number of nitrogens with zero attached hydrogens (tertiary/aromatic N) is 1. The first-order chi connectivity index (χ1) is 8.94. The summed E-state index contributed by atoms with van der Waals surface area (Å²) in [7, 11) is 1.75. The van der Waals surface area contributed by atoms with Crippen LogP contribution in [0.15, 0.2) is 16.7 Å². The Balaban J connectivity index is 2.20. The Morgan fingerprint density at radius 1 is 1.47 bits per heavy atom. The molecular formula is C12H15BrN2O3S. The van der Waals surface area contributed by atoms with Crippen LogP contribution < -0.4 is 5.32 Å². The van der Waals surface area contributed by atoms with Crippen LogP contribution in [0.2, 0.25) is 0 Å². The van der Waals surface area contributed by atoms with Gasteiger partial charge >= 0.3 is 5.97 Å². The molecule has 2 heterocycles. The van der Waals surface area contributed by atoms with Crippen LogP contribution >= 0.6 is 27.7 Å². The molecule has 2 rings (SSSR count). The molecule has 0 unspecified atom stereocenters. The number of carbonyl (C=O) groups excluding carboxylic acids is 1. The van der Waals surface area contributed by atoms with E-state index in [2.05, 4.69) is 21.2 Å². The molecule has 1 aromatic heterocycles. The molecule has 0 aliphatic carbocycles. The van der Waals surface area contributed by atoms with Crippen molar-refractivity contribution in [2.24, 2.45) is 7.05 Å². The molecule has 0 aromatic carbocycles. The van der Waals surface area contributed by atoms with Crippen LogP contribution in [0.4, 0.5) is 0 Å². The number of hydrogen-bond donors (Lipinski definition) is 2. The van der Waals surface area contributed by atoms with Crippen LogP contribution in [0.3, 0.4) is 0 Å². The number of thioether (sulfide) groups is 1. The van der Waals surface area contributed by atoms with Crippen molar-refractivity contribution in [3.8, 4) is 0 Å². The van der Waals surface area contributed by atoms with Gasteiger partial charge in [-0.3, -0.25) is 4.79 Å².